The van der Waals surface area contributed by atoms with E-state index in [0.29, 0.717) is 23.7 Å². The molecule has 7 nitrogen and oxygen atoms in total. The number of methoxy groups -OCH3 is 1. The van der Waals surface area contributed by atoms with Crippen LogP contribution in [0.1, 0.15) is 33.6 Å². The zero-order chi connectivity index (χ0) is 16.1. The summed E-state index contributed by atoms with van der Waals surface area (Å²) in [6.45, 7) is 0.830. The van der Waals surface area contributed by atoms with Crippen molar-refractivity contribution in [3.05, 3.63) is 16.0 Å². The molecule has 0 saturated carbocycles. The number of esters is 1. The highest BCUT2D eigenvalue weighted by Crippen LogP contribution is 2.38. The summed E-state index contributed by atoms with van der Waals surface area (Å²) in [4.78, 5) is 36.6. The molecule has 1 aromatic rings. The summed E-state index contributed by atoms with van der Waals surface area (Å²) in [6.07, 6.45) is 3.74. The van der Waals surface area contributed by atoms with Crippen LogP contribution >= 0.6 is 11.3 Å². The fraction of sp³-hybridized carbons (Fsp3) is 0.500. The van der Waals surface area contributed by atoms with Crippen molar-refractivity contribution < 1.29 is 24.9 Å². The van der Waals surface area contributed by atoms with Gasteiger partial charge in [-0.2, -0.15) is 0 Å². The number of rotatable bonds is 4. The molecule has 0 aromatic carbocycles. The number of amides is 2. The molecule has 0 fully saturated rings. The Morgan fingerprint density at radius 1 is 1.23 bits per heavy atom. The number of thiophene rings is 1. The standard InChI is InChI=1S/C14H19N3O4S/c1-21-14(20)10-8-4-2-3-5-9(8)22-13(10)17-12(19)11(18)16-7-6-15/h2-7,15H2,1H3,(H,16,18)(H,17,19)/p+1. The van der Waals surface area contributed by atoms with Crippen LogP contribution in [0.3, 0.4) is 0 Å². The van der Waals surface area contributed by atoms with Crippen LogP contribution < -0.4 is 16.4 Å². The predicted molar refractivity (Wildman–Crippen MR) is 81.7 cm³/mol. The molecule has 0 aliphatic heterocycles. The van der Waals surface area contributed by atoms with Gasteiger partial charge in [0, 0.05) is 4.88 Å². The summed E-state index contributed by atoms with van der Waals surface area (Å²) < 4.78 is 4.82. The summed E-state index contributed by atoms with van der Waals surface area (Å²) in [6, 6.07) is 0. The third kappa shape index (κ3) is 3.45. The van der Waals surface area contributed by atoms with Crippen LogP contribution in [0.15, 0.2) is 0 Å². The van der Waals surface area contributed by atoms with Gasteiger partial charge in [0.2, 0.25) is 0 Å². The lowest BCUT2D eigenvalue weighted by atomic mass is 9.95. The molecule has 2 amide bonds. The highest BCUT2D eigenvalue weighted by molar-refractivity contribution is 7.17. The minimum absolute atomic E-state index is 0.330. The molecule has 8 heteroatoms. The van der Waals surface area contributed by atoms with Crippen LogP contribution in [0, 0.1) is 0 Å². The van der Waals surface area contributed by atoms with Gasteiger partial charge in [-0.05, 0) is 31.2 Å². The number of nitrogens with one attached hydrogen (secondary N) is 2. The molecule has 2 rings (SSSR count). The first-order valence-corrected chi connectivity index (χ1v) is 8.01. The van der Waals surface area contributed by atoms with Crippen LogP contribution in [-0.4, -0.2) is 38.0 Å². The Labute approximate surface area is 132 Å². The molecule has 0 unspecified atom stereocenters. The topological polar surface area (TPSA) is 112 Å². The molecule has 0 atom stereocenters. The van der Waals surface area contributed by atoms with E-state index in [4.69, 9.17) is 4.74 Å². The summed E-state index contributed by atoms with van der Waals surface area (Å²) in [5, 5.41) is 5.39. The van der Waals surface area contributed by atoms with E-state index in [1.807, 2.05) is 0 Å². The average molecular weight is 326 g/mol. The highest BCUT2D eigenvalue weighted by Gasteiger charge is 2.28. The number of hydrogen-bond donors (Lipinski definition) is 3. The minimum Gasteiger partial charge on any atom is -0.465 e. The Balaban J connectivity index is 2.23. The van der Waals surface area contributed by atoms with Crippen LogP contribution in [0.4, 0.5) is 5.00 Å². The minimum atomic E-state index is -0.780. The summed E-state index contributed by atoms with van der Waals surface area (Å²) >= 11 is 1.35. The Morgan fingerprint density at radius 3 is 2.64 bits per heavy atom. The van der Waals surface area contributed by atoms with Crippen molar-refractivity contribution in [3.63, 3.8) is 0 Å². The highest BCUT2D eigenvalue weighted by atomic mass is 32.1. The SMILES string of the molecule is COC(=O)c1c(NC(=O)C(=O)NCC[NH3+])sc2c1CCCC2. The molecular weight excluding hydrogens is 306 g/mol. The quantitative estimate of drug-likeness (QED) is 0.521. The van der Waals surface area contributed by atoms with Gasteiger partial charge in [-0.3, -0.25) is 9.59 Å². The van der Waals surface area contributed by atoms with Crippen molar-refractivity contribution in [2.45, 2.75) is 25.7 Å². The van der Waals surface area contributed by atoms with Crippen molar-refractivity contribution in [1.29, 1.82) is 0 Å². The molecule has 22 heavy (non-hydrogen) atoms. The van der Waals surface area contributed by atoms with E-state index in [1.54, 1.807) is 0 Å². The van der Waals surface area contributed by atoms with E-state index in [-0.39, 0.29) is 0 Å². The molecule has 1 heterocycles. The third-order valence-corrected chi connectivity index (χ3v) is 4.66. The fourth-order valence-corrected chi connectivity index (χ4v) is 3.69. The summed E-state index contributed by atoms with van der Waals surface area (Å²) in [5.41, 5.74) is 4.92. The van der Waals surface area contributed by atoms with Gasteiger partial charge < -0.3 is 21.1 Å². The molecule has 5 N–H and O–H groups in total. The van der Waals surface area contributed by atoms with Gasteiger partial charge in [0.1, 0.15) is 5.00 Å². The number of aryl methyl sites for hydroxylation is 1. The zero-order valence-electron chi connectivity index (χ0n) is 12.5. The first kappa shape index (κ1) is 16.4. The number of carbonyl (C=O) groups is 3. The van der Waals surface area contributed by atoms with Gasteiger partial charge in [0.15, 0.2) is 0 Å². The monoisotopic (exact) mass is 326 g/mol. The average Bonchev–Trinajstić information content (AvgIpc) is 2.89. The van der Waals surface area contributed by atoms with Crippen LogP contribution in [0.25, 0.3) is 0 Å². The summed E-state index contributed by atoms with van der Waals surface area (Å²) in [5.74, 6) is -1.99. The normalized spacial score (nSPS) is 13.2. The Morgan fingerprint density at radius 2 is 1.95 bits per heavy atom. The van der Waals surface area contributed by atoms with Crippen LogP contribution in [0.5, 0.6) is 0 Å². The lowest BCUT2D eigenvalue weighted by molar-refractivity contribution is -0.364. The molecule has 1 aliphatic rings. The maximum atomic E-state index is 12.0. The van der Waals surface area contributed by atoms with E-state index in [1.165, 1.54) is 18.4 Å². The predicted octanol–water partition coefficient (Wildman–Crippen LogP) is -0.290. The van der Waals surface area contributed by atoms with Gasteiger partial charge >= 0.3 is 17.8 Å². The molecule has 1 aliphatic carbocycles. The molecule has 0 bridgehead atoms. The van der Waals surface area contributed by atoms with E-state index >= 15 is 0 Å². The lowest BCUT2D eigenvalue weighted by Crippen LogP contribution is -2.55. The van der Waals surface area contributed by atoms with Crippen LogP contribution in [0.2, 0.25) is 0 Å². The number of hydrogen-bond acceptors (Lipinski definition) is 5. The molecule has 0 radical (unpaired) electrons. The van der Waals surface area contributed by atoms with E-state index < -0.39 is 17.8 Å². The maximum absolute atomic E-state index is 12.0. The maximum Gasteiger partial charge on any atom is 0.341 e. The van der Waals surface area contributed by atoms with E-state index in [2.05, 4.69) is 16.4 Å². The number of ether oxygens (including phenoxy) is 1. The van der Waals surface area contributed by atoms with Gasteiger partial charge in [-0.25, -0.2) is 4.79 Å². The van der Waals surface area contributed by atoms with Crippen molar-refractivity contribution in [2.24, 2.45) is 0 Å². The molecule has 0 saturated heterocycles. The largest absolute Gasteiger partial charge is 0.465 e. The second kappa shape index (κ2) is 7.37. The smallest absolute Gasteiger partial charge is 0.341 e. The van der Waals surface area contributed by atoms with Crippen molar-refractivity contribution in [1.82, 2.24) is 5.32 Å². The molecular formula is C14H20N3O4S+. The van der Waals surface area contributed by atoms with Gasteiger partial charge in [-0.1, -0.05) is 0 Å². The number of quaternary nitrogens is 1. The van der Waals surface area contributed by atoms with E-state index in [0.717, 1.165) is 36.1 Å². The van der Waals surface area contributed by atoms with Gasteiger partial charge in [0.25, 0.3) is 0 Å². The Hall–Kier alpha value is -1.93. The Bertz CT molecular complexity index is 597. The van der Waals surface area contributed by atoms with Gasteiger partial charge in [-0.15, -0.1) is 11.3 Å². The molecule has 120 valence electrons. The third-order valence-electron chi connectivity index (χ3n) is 3.46. The molecule has 1 aromatic heterocycles. The molecule has 0 spiro atoms. The van der Waals surface area contributed by atoms with Crippen molar-refractivity contribution in [3.8, 4) is 0 Å². The fourth-order valence-electron chi connectivity index (χ4n) is 2.41. The van der Waals surface area contributed by atoms with E-state index in [9.17, 15) is 14.4 Å². The second-order valence-corrected chi connectivity index (χ2v) is 6.08. The summed E-state index contributed by atoms with van der Waals surface area (Å²) in [7, 11) is 1.31. The number of carbonyl (C=O) groups excluding carboxylic acids is 3. The van der Waals surface area contributed by atoms with Crippen molar-refractivity contribution >= 4 is 34.1 Å². The number of fused-ring (bicyclic) bond motifs is 1. The van der Waals surface area contributed by atoms with Crippen LogP contribution in [-0.2, 0) is 27.2 Å². The first-order valence-electron chi connectivity index (χ1n) is 7.19. The Kier molecular flexibility index (Phi) is 5.51. The van der Waals surface area contributed by atoms with Gasteiger partial charge in [0.05, 0.1) is 25.8 Å². The number of anilines is 1. The second-order valence-electron chi connectivity index (χ2n) is 4.97. The lowest BCUT2D eigenvalue weighted by Gasteiger charge is -2.11. The first-order chi connectivity index (χ1) is 10.6. The zero-order valence-corrected chi connectivity index (χ0v) is 13.3. The van der Waals surface area contributed by atoms with Crippen molar-refractivity contribution in [2.75, 3.05) is 25.5 Å².